The van der Waals surface area contributed by atoms with Crippen molar-refractivity contribution in [2.24, 2.45) is 0 Å². The summed E-state index contributed by atoms with van der Waals surface area (Å²) in [5.74, 6) is -0.780. The van der Waals surface area contributed by atoms with Crippen LogP contribution >= 0.6 is 43.5 Å². The molecule has 1 heterocycles. The molecule has 0 bridgehead atoms. The third-order valence-electron chi connectivity index (χ3n) is 3.20. The molecule has 2 aromatic rings. The average Bonchev–Trinajstić information content (AvgIpc) is 2.74. The van der Waals surface area contributed by atoms with E-state index in [9.17, 15) is 15.0 Å². The normalized spacial score (nSPS) is 15.0. The second kappa shape index (κ2) is 5.61. The highest BCUT2D eigenvalue weighted by atomic mass is 79.9. The van der Waals surface area contributed by atoms with Crippen LogP contribution in [0.1, 0.15) is 11.1 Å². The Hall–Kier alpha value is -1.50. The van der Waals surface area contributed by atoms with E-state index >= 15 is 0 Å². The van der Waals surface area contributed by atoms with Gasteiger partial charge in [-0.3, -0.25) is 4.79 Å². The Morgan fingerprint density at radius 1 is 1.09 bits per heavy atom. The fourth-order valence-corrected chi connectivity index (χ4v) is 3.59. The van der Waals surface area contributed by atoms with Crippen LogP contribution in [-0.4, -0.2) is 16.1 Å². The topological polar surface area (TPSA) is 69.6 Å². The van der Waals surface area contributed by atoms with Gasteiger partial charge in [0, 0.05) is 20.6 Å². The predicted octanol–water partition coefficient (Wildman–Crippen LogP) is 4.77. The van der Waals surface area contributed by atoms with Crippen molar-refractivity contribution in [1.82, 2.24) is 0 Å². The van der Waals surface area contributed by atoms with E-state index in [0.29, 0.717) is 36.4 Å². The molecular formula is C15H8Br2ClNO3. The molecule has 0 radical (unpaired) electrons. The minimum atomic E-state index is -0.271. The third-order valence-corrected chi connectivity index (χ3v) is 4.65. The number of anilines is 1. The average molecular weight is 445 g/mol. The molecule has 0 aliphatic carbocycles. The second-order valence-electron chi connectivity index (χ2n) is 4.69. The fourth-order valence-electron chi connectivity index (χ4n) is 2.21. The summed E-state index contributed by atoms with van der Waals surface area (Å²) in [6.07, 6.45) is 1.62. The monoisotopic (exact) mass is 443 g/mol. The summed E-state index contributed by atoms with van der Waals surface area (Å²) in [7, 11) is 0. The van der Waals surface area contributed by atoms with Crippen molar-refractivity contribution in [1.29, 1.82) is 0 Å². The van der Waals surface area contributed by atoms with Crippen molar-refractivity contribution in [3.8, 4) is 11.5 Å². The number of rotatable bonds is 1. The number of benzene rings is 2. The molecule has 0 fully saturated rings. The Labute approximate surface area is 147 Å². The van der Waals surface area contributed by atoms with Gasteiger partial charge in [0.25, 0.3) is 5.91 Å². The van der Waals surface area contributed by atoms with E-state index in [-0.39, 0.29) is 17.4 Å². The van der Waals surface area contributed by atoms with E-state index in [0.717, 1.165) is 0 Å². The van der Waals surface area contributed by atoms with Crippen molar-refractivity contribution in [3.63, 3.8) is 0 Å². The number of amides is 1. The number of fused-ring (bicyclic) bond motifs is 1. The molecule has 7 heteroatoms. The van der Waals surface area contributed by atoms with Gasteiger partial charge >= 0.3 is 0 Å². The van der Waals surface area contributed by atoms with Crippen LogP contribution in [0.2, 0.25) is 5.02 Å². The lowest BCUT2D eigenvalue weighted by Gasteiger charge is -2.04. The Kier molecular flexibility index (Phi) is 3.92. The maximum Gasteiger partial charge on any atom is 0.256 e. The Balaban J connectivity index is 2.16. The first-order valence-corrected chi connectivity index (χ1v) is 8.07. The van der Waals surface area contributed by atoms with Crippen molar-refractivity contribution < 1.29 is 15.0 Å². The van der Waals surface area contributed by atoms with E-state index in [4.69, 9.17) is 11.6 Å². The first kappa shape index (κ1) is 15.4. The molecule has 0 saturated heterocycles. The van der Waals surface area contributed by atoms with Crippen LogP contribution < -0.4 is 5.32 Å². The van der Waals surface area contributed by atoms with Gasteiger partial charge in [-0.1, -0.05) is 11.6 Å². The number of carbonyl (C=O) groups is 1. The van der Waals surface area contributed by atoms with Gasteiger partial charge in [0.15, 0.2) is 11.5 Å². The van der Waals surface area contributed by atoms with E-state index in [1.54, 1.807) is 24.3 Å². The molecule has 1 aliphatic heterocycles. The maximum absolute atomic E-state index is 12.2. The van der Waals surface area contributed by atoms with Gasteiger partial charge in [0.2, 0.25) is 0 Å². The highest BCUT2D eigenvalue weighted by molar-refractivity contribution is 9.11. The van der Waals surface area contributed by atoms with Gasteiger partial charge in [0.1, 0.15) is 0 Å². The van der Waals surface area contributed by atoms with Gasteiger partial charge in [-0.25, -0.2) is 0 Å². The van der Waals surface area contributed by atoms with Gasteiger partial charge in [-0.05, 0) is 67.8 Å². The Morgan fingerprint density at radius 2 is 1.82 bits per heavy atom. The van der Waals surface area contributed by atoms with E-state index < -0.39 is 0 Å². The van der Waals surface area contributed by atoms with Crippen LogP contribution in [0, 0.1) is 0 Å². The standard InChI is InChI=1S/C15H8Br2ClNO3/c16-10-5-7(18)4-8-9(15(22)19-13(8)10)1-6-2-11(17)14(21)12(20)3-6/h1-5,20-21H,(H,19,22). The van der Waals surface area contributed by atoms with E-state index in [1.165, 1.54) is 6.07 Å². The van der Waals surface area contributed by atoms with Crippen LogP contribution in [0.3, 0.4) is 0 Å². The summed E-state index contributed by atoms with van der Waals surface area (Å²) >= 11 is 12.6. The van der Waals surface area contributed by atoms with Gasteiger partial charge in [-0.15, -0.1) is 0 Å². The molecule has 4 nitrogen and oxygen atoms in total. The largest absolute Gasteiger partial charge is 0.504 e. The molecule has 2 aromatic carbocycles. The molecule has 22 heavy (non-hydrogen) atoms. The minimum Gasteiger partial charge on any atom is -0.504 e. The van der Waals surface area contributed by atoms with Crippen molar-refractivity contribution in [2.45, 2.75) is 0 Å². The number of phenolic OH excluding ortho intramolecular Hbond substituents is 2. The Bertz CT molecular complexity index is 826. The van der Waals surface area contributed by atoms with Gasteiger partial charge in [0.05, 0.1) is 10.2 Å². The van der Waals surface area contributed by atoms with Crippen molar-refractivity contribution in [2.75, 3.05) is 5.32 Å². The molecular weight excluding hydrogens is 437 g/mol. The molecule has 0 atom stereocenters. The highest BCUT2D eigenvalue weighted by Gasteiger charge is 2.26. The molecule has 0 spiro atoms. The van der Waals surface area contributed by atoms with Crippen LogP contribution in [0.15, 0.2) is 33.2 Å². The van der Waals surface area contributed by atoms with Gasteiger partial charge < -0.3 is 15.5 Å². The zero-order chi connectivity index (χ0) is 16.0. The number of hydrogen-bond donors (Lipinski definition) is 3. The minimum absolute atomic E-state index is 0.246. The number of nitrogens with one attached hydrogen (secondary N) is 1. The lowest BCUT2D eigenvalue weighted by atomic mass is 10.0. The molecule has 112 valence electrons. The summed E-state index contributed by atoms with van der Waals surface area (Å²) in [6.45, 7) is 0. The summed E-state index contributed by atoms with van der Waals surface area (Å²) in [5, 5.41) is 22.5. The van der Waals surface area contributed by atoms with Crippen LogP contribution in [0.5, 0.6) is 11.5 Å². The Morgan fingerprint density at radius 3 is 2.50 bits per heavy atom. The molecule has 1 amide bonds. The lowest BCUT2D eigenvalue weighted by Crippen LogP contribution is -2.03. The van der Waals surface area contributed by atoms with Crippen LogP contribution in [-0.2, 0) is 4.79 Å². The fraction of sp³-hybridized carbons (Fsp3) is 0. The zero-order valence-electron chi connectivity index (χ0n) is 10.8. The molecule has 0 unspecified atom stereocenters. The molecule has 3 rings (SSSR count). The quantitative estimate of drug-likeness (QED) is 0.438. The van der Waals surface area contributed by atoms with E-state index in [1.807, 2.05) is 0 Å². The SMILES string of the molecule is O=C1Nc2c(Br)cc(Cl)cc2C1=Cc1cc(O)c(O)c(Br)c1. The van der Waals surface area contributed by atoms with Crippen molar-refractivity contribution >= 4 is 66.7 Å². The number of hydrogen-bond acceptors (Lipinski definition) is 3. The number of aromatic hydroxyl groups is 2. The number of halogens is 3. The molecule has 3 N–H and O–H groups in total. The zero-order valence-corrected chi connectivity index (χ0v) is 14.8. The molecule has 0 saturated carbocycles. The maximum atomic E-state index is 12.2. The lowest BCUT2D eigenvalue weighted by molar-refractivity contribution is -0.110. The van der Waals surface area contributed by atoms with Crippen LogP contribution in [0.4, 0.5) is 5.69 Å². The van der Waals surface area contributed by atoms with Gasteiger partial charge in [-0.2, -0.15) is 0 Å². The molecule has 0 aromatic heterocycles. The summed E-state index contributed by atoms with van der Waals surface area (Å²) in [4.78, 5) is 12.2. The third kappa shape index (κ3) is 2.62. The molecule has 1 aliphatic rings. The van der Waals surface area contributed by atoms with Crippen molar-refractivity contribution in [3.05, 3.63) is 49.4 Å². The first-order chi connectivity index (χ1) is 10.4. The smallest absolute Gasteiger partial charge is 0.256 e. The van der Waals surface area contributed by atoms with Crippen LogP contribution in [0.25, 0.3) is 11.6 Å². The summed E-state index contributed by atoms with van der Waals surface area (Å²) < 4.78 is 1.03. The summed E-state index contributed by atoms with van der Waals surface area (Å²) in [6, 6.07) is 6.37. The first-order valence-electron chi connectivity index (χ1n) is 6.11. The van der Waals surface area contributed by atoms with E-state index in [2.05, 4.69) is 37.2 Å². The number of carbonyl (C=O) groups excluding carboxylic acids is 1. The highest BCUT2D eigenvalue weighted by Crippen LogP contribution is 2.41. The number of phenols is 2. The second-order valence-corrected chi connectivity index (χ2v) is 6.84. The summed E-state index contributed by atoms with van der Waals surface area (Å²) in [5.41, 5.74) is 2.32. The predicted molar refractivity (Wildman–Crippen MR) is 93.1 cm³/mol.